The Morgan fingerprint density at radius 1 is 1.18 bits per heavy atom. The number of rotatable bonds is 5. The first kappa shape index (κ1) is 19.5. The van der Waals surface area contributed by atoms with Crippen LogP contribution in [-0.2, 0) is 0 Å². The quantitative estimate of drug-likeness (QED) is 0.362. The van der Waals surface area contributed by atoms with Crippen molar-refractivity contribution >= 4 is 40.5 Å². The molecular formula is C18H13Cl2N5O3. The topological polar surface area (TPSA) is 113 Å². The van der Waals surface area contributed by atoms with Gasteiger partial charge in [-0.25, -0.2) is 5.43 Å². The van der Waals surface area contributed by atoms with Crippen molar-refractivity contribution in [2.24, 2.45) is 5.10 Å². The highest BCUT2D eigenvalue weighted by molar-refractivity contribution is 6.42. The minimum absolute atomic E-state index is 0.0572. The van der Waals surface area contributed by atoms with Gasteiger partial charge in [-0.15, -0.1) is 0 Å². The molecule has 0 fully saturated rings. The fraction of sp³-hybridized carbons (Fsp3) is 0.0556. The van der Waals surface area contributed by atoms with Crippen LogP contribution in [0.5, 0.6) is 0 Å². The second-order valence-corrected chi connectivity index (χ2v) is 6.56. The Hall–Kier alpha value is -3.23. The number of benzene rings is 2. The van der Waals surface area contributed by atoms with Crippen molar-refractivity contribution in [1.29, 1.82) is 0 Å². The third-order valence-electron chi connectivity index (χ3n) is 3.84. The van der Waals surface area contributed by atoms with Gasteiger partial charge in [-0.05, 0) is 25.1 Å². The molecule has 0 unspecified atom stereocenters. The van der Waals surface area contributed by atoms with Crippen LogP contribution >= 0.6 is 23.2 Å². The SMILES string of the molecule is CC(=NNC(=O)c1cc(-c2ccc(Cl)c(Cl)c2)n[nH]1)c1cccc([N+](=O)[O-])c1. The highest BCUT2D eigenvalue weighted by Crippen LogP contribution is 2.27. The van der Waals surface area contributed by atoms with Crippen LogP contribution in [0.2, 0.25) is 10.0 Å². The van der Waals surface area contributed by atoms with Crippen LogP contribution in [0.25, 0.3) is 11.3 Å². The minimum atomic E-state index is -0.511. The van der Waals surface area contributed by atoms with E-state index in [-0.39, 0.29) is 11.4 Å². The first-order chi connectivity index (χ1) is 13.3. The molecule has 3 aromatic rings. The molecule has 1 aromatic heterocycles. The zero-order valence-electron chi connectivity index (χ0n) is 14.4. The average Bonchev–Trinajstić information content (AvgIpc) is 3.18. The third kappa shape index (κ3) is 4.36. The van der Waals surface area contributed by atoms with Crippen LogP contribution in [0, 0.1) is 10.1 Å². The van der Waals surface area contributed by atoms with Crippen LogP contribution in [0.15, 0.2) is 53.6 Å². The summed E-state index contributed by atoms with van der Waals surface area (Å²) in [6.07, 6.45) is 0. The molecular weight excluding hydrogens is 405 g/mol. The Morgan fingerprint density at radius 2 is 1.96 bits per heavy atom. The number of nitrogens with one attached hydrogen (secondary N) is 2. The number of H-pyrrole nitrogens is 1. The summed E-state index contributed by atoms with van der Waals surface area (Å²) in [5.74, 6) is -0.511. The summed E-state index contributed by atoms with van der Waals surface area (Å²) >= 11 is 11.9. The van der Waals surface area contributed by atoms with Gasteiger partial charge >= 0.3 is 0 Å². The molecule has 0 atom stereocenters. The largest absolute Gasteiger partial charge is 0.289 e. The van der Waals surface area contributed by atoms with Gasteiger partial charge in [0.05, 0.1) is 26.4 Å². The Kier molecular flexibility index (Phi) is 5.72. The van der Waals surface area contributed by atoms with Gasteiger partial charge in [-0.1, -0.05) is 41.4 Å². The maximum Gasteiger partial charge on any atom is 0.289 e. The monoisotopic (exact) mass is 417 g/mol. The molecule has 1 heterocycles. The van der Waals surface area contributed by atoms with E-state index >= 15 is 0 Å². The summed E-state index contributed by atoms with van der Waals surface area (Å²) in [6, 6.07) is 12.5. The second-order valence-electron chi connectivity index (χ2n) is 5.74. The second kappa shape index (κ2) is 8.20. The number of hydrazone groups is 1. The third-order valence-corrected chi connectivity index (χ3v) is 4.58. The smallest absolute Gasteiger partial charge is 0.272 e. The maximum atomic E-state index is 12.3. The molecule has 0 saturated heterocycles. The van der Waals surface area contributed by atoms with Gasteiger partial charge in [0, 0.05) is 23.3 Å². The molecule has 0 bridgehead atoms. The highest BCUT2D eigenvalue weighted by atomic mass is 35.5. The summed E-state index contributed by atoms with van der Waals surface area (Å²) in [4.78, 5) is 22.6. The Morgan fingerprint density at radius 3 is 2.68 bits per heavy atom. The molecule has 8 nitrogen and oxygen atoms in total. The lowest BCUT2D eigenvalue weighted by molar-refractivity contribution is -0.384. The normalized spacial score (nSPS) is 11.3. The van der Waals surface area contributed by atoms with E-state index in [0.29, 0.717) is 32.6 Å². The van der Waals surface area contributed by atoms with E-state index < -0.39 is 10.8 Å². The molecule has 0 aliphatic rings. The van der Waals surface area contributed by atoms with Gasteiger partial charge in [0.15, 0.2) is 0 Å². The fourth-order valence-electron chi connectivity index (χ4n) is 2.35. The predicted octanol–water partition coefficient (Wildman–Crippen LogP) is 4.45. The van der Waals surface area contributed by atoms with Gasteiger partial charge in [0.25, 0.3) is 11.6 Å². The molecule has 2 aromatic carbocycles. The lowest BCUT2D eigenvalue weighted by Crippen LogP contribution is -2.19. The number of hydrogen-bond acceptors (Lipinski definition) is 5. The van der Waals surface area contributed by atoms with Crippen molar-refractivity contribution in [3.63, 3.8) is 0 Å². The summed E-state index contributed by atoms with van der Waals surface area (Å²) in [6.45, 7) is 1.63. The van der Waals surface area contributed by atoms with E-state index in [2.05, 4.69) is 20.7 Å². The number of non-ortho nitro benzene ring substituents is 1. The summed E-state index contributed by atoms with van der Waals surface area (Å²) < 4.78 is 0. The van der Waals surface area contributed by atoms with E-state index in [0.717, 1.165) is 0 Å². The number of aromatic amines is 1. The lowest BCUT2D eigenvalue weighted by atomic mass is 10.1. The molecule has 1 amide bonds. The van der Waals surface area contributed by atoms with Gasteiger partial charge in [-0.2, -0.15) is 10.2 Å². The van der Waals surface area contributed by atoms with Crippen molar-refractivity contribution < 1.29 is 9.72 Å². The van der Waals surface area contributed by atoms with Gasteiger partial charge < -0.3 is 0 Å². The number of hydrogen-bond donors (Lipinski definition) is 2. The highest BCUT2D eigenvalue weighted by Gasteiger charge is 2.12. The molecule has 28 heavy (non-hydrogen) atoms. The number of carbonyl (C=O) groups excluding carboxylic acids is 1. The molecule has 2 N–H and O–H groups in total. The van der Waals surface area contributed by atoms with E-state index in [1.165, 1.54) is 12.1 Å². The van der Waals surface area contributed by atoms with Crippen molar-refractivity contribution in [1.82, 2.24) is 15.6 Å². The van der Waals surface area contributed by atoms with Crippen LogP contribution in [0.3, 0.4) is 0 Å². The zero-order valence-corrected chi connectivity index (χ0v) is 16.0. The van der Waals surface area contributed by atoms with Gasteiger partial charge in [0.1, 0.15) is 5.69 Å². The Labute approximate surface area is 169 Å². The summed E-state index contributed by atoms with van der Waals surface area (Å²) in [5, 5.41) is 22.4. The van der Waals surface area contributed by atoms with Crippen LogP contribution in [0.4, 0.5) is 5.69 Å². The van der Waals surface area contributed by atoms with Crippen molar-refractivity contribution in [2.75, 3.05) is 0 Å². The number of halogens is 2. The number of nitro groups is 1. The average molecular weight is 418 g/mol. The van der Waals surface area contributed by atoms with Crippen molar-refractivity contribution in [2.45, 2.75) is 6.92 Å². The molecule has 3 rings (SSSR count). The Bertz CT molecular complexity index is 1090. The molecule has 10 heteroatoms. The van der Waals surface area contributed by atoms with E-state index in [9.17, 15) is 14.9 Å². The number of carbonyl (C=O) groups is 1. The summed E-state index contributed by atoms with van der Waals surface area (Å²) in [5.41, 5.74) is 4.68. The lowest BCUT2D eigenvalue weighted by Gasteiger charge is -2.02. The number of amides is 1. The molecule has 0 aliphatic heterocycles. The predicted molar refractivity (Wildman–Crippen MR) is 107 cm³/mol. The standard InChI is InChI=1S/C18H13Cl2N5O3/c1-10(11-3-2-4-13(7-11)25(27)28)21-24-18(26)17-9-16(22-23-17)12-5-6-14(19)15(20)8-12/h2-9H,1H3,(H,22,23)(H,24,26). The molecule has 0 spiro atoms. The van der Waals surface area contributed by atoms with Gasteiger partial charge in [0.2, 0.25) is 0 Å². The molecule has 0 saturated carbocycles. The number of aromatic nitrogens is 2. The minimum Gasteiger partial charge on any atom is -0.272 e. The van der Waals surface area contributed by atoms with Crippen molar-refractivity contribution in [3.05, 3.63) is 79.9 Å². The Balaban J connectivity index is 1.74. The van der Waals surface area contributed by atoms with Crippen LogP contribution < -0.4 is 5.43 Å². The molecule has 0 aliphatic carbocycles. The van der Waals surface area contributed by atoms with E-state index in [1.54, 1.807) is 43.3 Å². The molecule has 0 radical (unpaired) electrons. The van der Waals surface area contributed by atoms with Crippen LogP contribution in [0.1, 0.15) is 23.0 Å². The van der Waals surface area contributed by atoms with E-state index in [4.69, 9.17) is 23.2 Å². The number of nitro benzene ring substituents is 1. The first-order valence-electron chi connectivity index (χ1n) is 7.95. The van der Waals surface area contributed by atoms with E-state index in [1.807, 2.05) is 0 Å². The zero-order chi connectivity index (χ0) is 20.3. The number of nitrogens with zero attached hydrogens (tertiary/aromatic N) is 3. The maximum absolute atomic E-state index is 12.3. The first-order valence-corrected chi connectivity index (χ1v) is 8.71. The fourth-order valence-corrected chi connectivity index (χ4v) is 2.64. The summed E-state index contributed by atoms with van der Waals surface area (Å²) in [7, 11) is 0. The van der Waals surface area contributed by atoms with Crippen LogP contribution in [-0.4, -0.2) is 26.7 Å². The molecule has 142 valence electrons. The van der Waals surface area contributed by atoms with Crippen molar-refractivity contribution in [3.8, 4) is 11.3 Å². The van der Waals surface area contributed by atoms with Gasteiger partial charge in [-0.3, -0.25) is 20.0 Å².